The highest BCUT2D eigenvalue weighted by molar-refractivity contribution is 7.96. The van der Waals surface area contributed by atoms with Crippen molar-refractivity contribution in [1.29, 1.82) is 0 Å². The predicted molar refractivity (Wildman–Crippen MR) is 30.2 cm³/mol. The van der Waals surface area contributed by atoms with Crippen molar-refractivity contribution >= 4 is 9.84 Å². The largest absolute Gasteiger partial charge is 0.501 e. The molecule has 0 aromatic rings. The van der Waals surface area contributed by atoms with E-state index >= 15 is 0 Å². The van der Waals surface area contributed by atoms with Crippen LogP contribution in [0.5, 0.6) is 0 Å². The molecule has 0 aliphatic carbocycles. The van der Waals surface area contributed by atoms with Crippen LogP contribution in [-0.4, -0.2) is 20.1 Å². The number of halogens is 6. The normalized spacial score (nSPS) is 14.3. The first-order valence-electron chi connectivity index (χ1n) is 2.48. The Hall–Kier alpha value is -0.730. The second-order valence-corrected chi connectivity index (χ2v) is 3.83. The summed E-state index contributed by atoms with van der Waals surface area (Å²) in [6, 6.07) is 0. The monoisotopic (exact) mass is 228 g/mol. The zero-order chi connectivity index (χ0) is 11.1. The summed E-state index contributed by atoms with van der Waals surface area (Å²) in [5.41, 5.74) is -5.97. The molecule has 0 saturated heterocycles. The minimum absolute atomic E-state index is 1.83. The van der Waals surface area contributed by atoms with Gasteiger partial charge in [0, 0.05) is 0 Å². The predicted octanol–water partition coefficient (Wildman–Crippen LogP) is 2.00. The van der Waals surface area contributed by atoms with Crippen molar-refractivity contribution in [3.05, 3.63) is 11.5 Å². The fourth-order valence-corrected chi connectivity index (χ4v) is 0.876. The molecule has 0 bridgehead atoms. The van der Waals surface area contributed by atoms with Gasteiger partial charge in [-0.1, -0.05) is 6.58 Å². The fraction of sp³-hybridized carbons (Fsp3) is 0.500. The van der Waals surface area contributed by atoms with E-state index in [9.17, 15) is 34.8 Å². The minimum Gasteiger partial charge on any atom is -0.214 e. The van der Waals surface area contributed by atoms with Crippen LogP contribution in [0.15, 0.2) is 11.5 Å². The quantitative estimate of drug-likeness (QED) is 0.643. The zero-order valence-electron chi connectivity index (χ0n) is 5.70. The van der Waals surface area contributed by atoms with E-state index in [0.717, 1.165) is 0 Å². The summed E-state index contributed by atoms with van der Waals surface area (Å²) in [6.07, 6.45) is -5.60. The van der Waals surface area contributed by atoms with Crippen LogP contribution < -0.4 is 0 Å². The van der Waals surface area contributed by atoms with E-state index in [1.807, 2.05) is 6.58 Å². The summed E-state index contributed by atoms with van der Waals surface area (Å²) in [5.74, 6) is 0. The van der Waals surface area contributed by atoms with Crippen LogP contribution in [-0.2, 0) is 9.84 Å². The second-order valence-electron chi connectivity index (χ2n) is 1.87. The second kappa shape index (κ2) is 2.89. The average molecular weight is 228 g/mol. The lowest BCUT2D eigenvalue weighted by Crippen LogP contribution is -2.30. The molecule has 0 N–H and O–H groups in total. The molecule has 0 aromatic carbocycles. The van der Waals surface area contributed by atoms with Gasteiger partial charge in [-0.05, 0) is 0 Å². The molecular formula is C4H2F6O2S. The SMILES string of the molecule is C=C(C(F)(F)F)S(=O)(=O)C(F)(F)F. The number of alkyl halides is 6. The third-order valence-corrected chi connectivity index (χ3v) is 2.43. The van der Waals surface area contributed by atoms with Crippen molar-refractivity contribution in [3.8, 4) is 0 Å². The molecule has 2 nitrogen and oxygen atoms in total. The van der Waals surface area contributed by atoms with Crippen molar-refractivity contribution in [2.24, 2.45) is 0 Å². The van der Waals surface area contributed by atoms with Crippen LogP contribution >= 0.6 is 0 Å². The van der Waals surface area contributed by atoms with Gasteiger partial charge in [-0.3, -0.25) is 0 Å². The van der Waals surface area contributed by atoms with Gasteiger partial charge in [-0.15, -0.1) is 0 Å². The molecule has 0 unspecified atom stereocenters. The molecule has 0 radical (unpaired) electrons. The van der Waals surface area contributed by atoms with Gasteiger partial charge in [0.1, 0.15) is 4.91 Å². The van der Waals surface area contributed by atoms with Crippen molar-refractivity contribution in [2.45, 2.75) is 11.7 Å². The Kier molecular flexibility index (Phi) is 2.73. The van der Waals surface area contributed by atoms with Gasteiger partial charge in [-0.25, -0.2) is 8.42 Å². The van der Waals surface area contributed by atoms with Gasteiger partial charge in [0.25, 0.3) is 9.84 Å². The average Bonchev–Trinajstić information content (AvgIpc) is 1.81. The van der Waals surface area contributed by atoms with Gasteiger partial charge in [0.2, 0.25) is 0 Å². The maximum absolute atomic E-state index is 11.5. The molecule has 0 atom stereocenters. The third kappa shape index (κ3) is 2.36. The molecule has 0 aromatic heterocycles. The van der Waals surface area contributed by atoms with Gasteiger partial charge in [0.15, 0.2) is 0 Å². The number of sulfone groups is 1. The molecule has 0 aliphatic rings. The van der Waals surface area contributed by atoms with E-state index in [-0.39, 0.29) is 0 Å². The maximum atomic E-state index is 11.5. The van der Waals surface area contributed by atoms with Crippen molar-refractivity contribution < 1.29 is 34.8 Å². The number of hydrogen-bond donors (Lipinski definition) is 0. The van der Waals surface area contributed by atoms with Crippen molar-refractivity contribution in [2.75, 3.05) is 0 Å². The lowest BCUT2D eigenvalue weighted by molar-refractivity contribution is -0.0890. The molecule has 0 heterocycles. The first-order valence-corrected chi connectivity index (χ1v) is 3.96. The van der Waals surface area contributed by atoms with Gasteiger partial charge in [0.05, 0.1) is 0 Å². The molecular weight excluding hydrogens is 226 g/mol. The van der Waals surface area contributed by atoms with Crippen molar-refractivity contribution in [3.63, 3.8) is 0 Å². The lowest BCUT2D eigenvalue weighted by Gasteiger charge is -2.12. The highest BCUT2D eigenvalue weighted by Gasteiger charge is 2.55. The van der Waals surface area contributed by atoms with Crippen LogP contribution in [0.25, 0.3) is 0 Å². The standard InChI is InChI=1S/C4H2F6O2S/c1-2(3(5,6)7)13(11,12)4(8,9)10/h1H2. The van der Waals surface area contributed by atoms with E-state index in [1.54, 1.807) is 0 Å². The Morgan fingerprint density at radius 1 is 1.00 bits per heavy atom. The van der Waals surface area contributed by atoms with Crippen LogP contribution in [0, 0.1) is 0 Å². The van der Waals surface area contributed by atoms with E-state index in [1.165, 1.54) is 0 Å². The summed E-state index contributed by atoms with van der Waals surface area (Å²) >= 11 is 0. The molecule has 0 saturated carbocycles. The van der Waals surface area contributed by atoms with Gasteiger partial charge >= 0.3 is 11.7 Å². The highest BCUT2D eigenvalue weighted by atomic mass is 32.2. The first-order chi connectivity index (χ1) is 5.40. The van der Waals surface area contributed by atoms with Crippen molar-refractivity contribution in [1.82, 2.24) is 0 Å². The molecule has 0 rings (SSSR count). The maximum Gasteiger partial charge on any atom is 0.501 e. The summed E-state index contributed by atoms with van der Waals surface area (Å²) in [7, 11) is -6.35. The first kappa shape index (κ1) is 12.3. The van der Waals surface area contributed by atoms with Crippen LogP contribution in [0.3, 0.4) is 0 Å². The molecule has 0 fully saturated rings. The summed E-state index contributed by atoms with van der Waals surface area (Å²) < 4.78 is 89.0. The highest BCUT2D eigenvalue weighted by Crippen LogP contribution is 2.37. The topological polar surface area (TPSA) is 34.1 Å². The Labute approximate surface area is 68.8 Å². The van der Waals surface area contributed by atoms with Crippen LogP contribution in [0.2, 0.25) is 0 Å². The Balaban J connectivity index is 5.25. The number of allylic oxidation sites excluding steroid dienone is 1. The van der Waals surface area contributed by atoms with Crippen LogP contribution in [0.4, 0.5) is 26.3 Å². The summed E-state index contributed by atoms with van der Waals surface area (Å²) in [5, 5.41) is 0. The number of rotatable bonds is 1. The number of hydrogen-bond acceptors (Lipinski definition) is 2. The molecule has 0 aliphatic heterocycles. The summed E-state index contributed by atoms with van der Waals surface area (Å²) in [6.45, 7) is 1.83. The smallest absolute Gasteiger partial charge is 0.214 e. The van der Waals surface area contributed by atoms with Gasteiger partial charge < -0.3 is 0 Å². The molecule has 9 heteroatoms. The molecule has 0 spiro atoms. The molecule has 0 amide bonds. The van der Waals surface area contributed by atoms with E-state index in [2.05, 4.69) is 0 Å². The van der Waals surface area contributed by atoms with E-state index < -0.39 is 26.4 Å². The third-order valence-electron chi connectivity index (χ3n) is 0.945. The molecule has 13 heavy (non-hydrogen) atoms. The van der Waals surface area contributed by atoms with Gasteiger partial charge in [-0.2, -0.15) is 26.3 Å². The Bertz CT molecular complexity index is 307. The molecule has 78 valence electrons. The van der Waals surface area contributed by atoms with Crippen LogP contribution in [0.1, 0.15) is 0 Å². The Morgan fingerprint density at radius 2 is 1.31 bits per heavy atom. The van der Waals surface area contributed by atoms with E-state index in [0.29, 0.717) is 0 Å². The Morgan fingerprint density at radius 3 is 1.38 bits per heavy atom. The summed E-state index contributed by atoms with van der Waals surface area (Å²) in [4.78, 5) is -2.81. The minimum atomic E-state index is -6.35. The van der Waals surface area contributed by atoms with E-state index in [4.69, 9.17) is 0 Å². The fourth-order valence-electron chi connectivity index (χ4n) is 0.292. The zero-order valence-corrected chi connectivity index (χ0v) is 6.52. The lowest BCUT2D eigenvalue weighted by atomic mass is 10.6.